The highest BCUT2D eigenvalue weighted by Crippen LogP contribution is 2.34. The van der Waals surface area contributed by atoms with E-state index >= 15 is 0 Å². The summed E-state index contributed by atoms with van der Waals surface area (Å²) in [5.41, 5.74) is 0.569. The Morgan fingerprint density at radius 3 is 2.70 bits per heavy atom. The van der Waals surface area contributed by atoms with E-state index in [-0.39, 0.29) is 22.9 Å². The molecule has 27 heavy (non-hydrogen) atoms. The fourth-order valence-corrected chi connectivity index (χ4v) is 3.99. The summed E-state index contributed by atoms with van der Waals surface area (Å²) in [4.78, 5) is 34.6. The highest BCUT2D eigenvalue weighted by molar-refractivity contribution is 5.97. The Balaban J connectivity index is 1.57. The van der Waals surface area contributed by atoms with Crippen LogP contribution in [0.4, 0.5) is 10.1 Å². The van der Waals surface area contributed by atoms with Crippen LogP contribution in [0, 0.1) is 5.82 Å². The lowest BCUT2D eigenvalue weighted by molar-refractivity contribution is -0.123. The fourth-order valence-electron chi connectivity index (χ4n) is 3.99. The highest BCUT2D eigenvalue weighted by atomic mass is 19.1. The predicted molar refractivity (Wildman–Crippen MR) is 98.9 cm³/mol. The average molecular weight is 368 g/mol. The van der Waals surface area contributed by atoms with Gasteiger partial charge in [-0.05, 0) is 31.7 Å². The Morgan fingerprint density at radius 2 is 1.96 bits per heavy atom. The number of anilines is 1. The summed E-state index contributed by atoms with van der Waals surface area (Å²) in [7, 11) is 1.92. The molecule has 1 aromatic carbocycles. The molecule has 2 fully saturated rings. The number of hydrogen-bond acceptors (Lipinski definition) is 4. The van der Waals surface area contributed by atoms with Crippen LogP contribution in [-0.2, 0) is 4.79 Å². The van der Waals surface area contributed by atoms with Crippen molar-refractivity contribution in [2.75, 3.05) is 38.1 Å². The van der Waals surface area contributed by atoms with Crippen molar-refractivity contribution in [2.24, 2.45) is 0 Å². The molecule has 2 aliphatic heterocycles. The molecule has 0 N–H and O–H groups in total. The van der Waals surface area contributed by atoms with E-state index < -0.39 is 5.82 Å². The van der Waals surface area contributed by atoms with Gasteiger partial charge < -0.3 is 9.80 Å². The molecule has 1 aromatic heterocycles. The van der Waals surface area contributed by atoms with Crippen molar-refractivity contribution in [3.63, 3.8) is 0 Å². The van der Waals surface area contributed by atoms with Crippen LogP contribution in [0.2, 0.25) is 0 Å². The lowest BCUT2D eigenvalue weighted by Crippen LogP contribution is -2.64. The molecular formula is C20H21FN4O2. The Morgan fingerprint density at radius 1 is 1.19 bits per heavy atom. The number of piperazine rings is 1. The van der Waals surface area contributed by atoms with Crippen LogP contribution in [0.1, 0.15) is 16.8 Å². The maximum absolute atomic E-state index is 14.0. The molecule has 0 bridgehead atoms. The second-order valence-corrected chi connectivity index (χ2v) is 7.23. The summed E-state index contributed by atoms with van der Waals surface area (Å²) in [6.45, 7) is 1.79. The van der Waals surface area contributed by atoms with Gasteiger partial charge in [0.1, 0.15) is 0 Å². The number of carbonyl (C=O) groups is 2. The third-order valence-electron chi connectivity index (χ3n) is 5.63. The van der Waals surface area contributed by atoms with E-state index in [0.717, 1.165) is 18.3 Å². The van der Waals surface area contributed by atoms with E-state index in [1.54, 1.807) is 9.80 Å². The monoisotopic (exact) mass is 368 g/mol. The molecule has 2 amide bonds. The molecule has 1 spiro atoms. The van der Waals surface area contributed by atoms with Gasteiger partial charge >= 0.3 is 0 Å². The number of nitrogens with zero attached hydrogens (tertiary/aromatic N) is 4. The number of likely N-dealkylation sites (N-methyl/N-ethyl adjacent to an activating group) is 1. The van der Waals surface area contributed by atoms with Crippen molar-refractivity contribution in [2.45, 2.75) is 12.0 Å². The van der Waals surface area contributed by atoms with Gasteiger partial charge in [-0.15, -0.1) is 0 Å². The van der Waals surface area contributed by atoms with Crippen LogP contribution < -0.4 is 4.90 Å². The van der Waals surface area contributed by atoms with Crippen molar-refractivity contribution in [3.8, 4) is 0 Å². The molecule has 7 heteroatoms. The van der Waals surface area contributed by atoms with Crippen LogP contribution >= 0.6 is 0 Å². The number of pyridine rings is 1. The number of aromatic nitrogens is 1. The third kappa shape index (κ3) is 3.08. The van der Waals surface area contributed by atoms with E-state index in [4.69, 9.17) is 0 Å². The maximum atomic E-state index is 14.0. The molecule has 3 heterocycles. The number of halogens is 1. The van der Waals surface area contributed by atoms with Crippen LogP contribution in [0.5, 0.6) is 0 Å². The van der Waals surface area contributed by atoms with E-state index in [1.165, 1.54) is 12.3 Å². The topological polar surface area (TPSA) is 56.8 Å². The van der Waals surface area contributed by atoms with E-state index in [0.29, 0.717) is 26.2 Å². The maximum Gasteiger partial charge on any atom is 0.257 e. The van der Waals surface area contributed by atoms with Gasteiger partial charge in [0.25, 0.3) is 5.91 Å². The second kappa shape index (κ2) is 6.74. The van der Waals surface area contributed by atoms with Gasteiger partial charge in [0.15, 0.2) is 5.82 Å². The first kappa shape index (κ1) is 17.6. The number of likely N-dealkylation sites (tertiary alicyclic amines) is 1. The molecule has 6 nitrogen and oxygen atoms in total. The van der Waals surface area contributed by atoms with Crippen molar-refractivity contribution in [1.29, 1.82) is 0 Å². The summed E-state index contributed by atoms with van der Waals surface area (Å²) in [5.74, 6) is -0.899. The zero-order valence-electron chi connectivity index (χ0n) is 15.1. The molecule has 2 saturated heterocycles. The molecule has 0 unspecified atom stereocenters. The predicted octanol–water partition coefficient (Wildman–Crippen LogP) is 1.78. The standard InChI is InChI=1S/C20H21FN4O2/c1-23-12-18(26)25(15-5-3-2-4-6-15)14-20(23)8-10-24(13-20)19(27)16-7-9-22-11-17(16)21/h2-7,9,11H,8,10,12-14H2,1H3/t20-/m1/s1. The minimum Gasteiger partial charge on any atom is -0.337 e. The molecule has 0 radical (unpaired) electrons. The van der Waals surface area contributed by atoms with E-state index in [1.807, 2.05) is 42.3 Å². The number of amides is 2. The average Bonchev–Trinajstić information content (AvgIpc) is 3.11. The highest BCUT2D eigenvalue weighted by Gasteiger charge is 2.48. The minimum absolute atomic E-state index is 0.0384. The Labute approximate surface area is 157 Å². The Hall–Kier alpha value is -2.80. The van der Waals surface area contributed by atoms with Crippen LogP contribution in [-0.4, -0.2) is 65.4 Å². The number of rotatable bonds is 2. The number of carbonyl (C=O) groups excluding carboxylic acids is 2. The van der Waals surface area contributed by atoms with Gasteiger partial charge in [-0.2, -0.15) is 0 Å². The molecule has 140 valence electrons. The van der Waals surface area contributed by atoms with Gasteiger partial charge in [-0.3, -0.25) is 19.5 Å². The van der Waals surface area contributed by atoms with E-state index in [9.17, 15) is 14.0 Å². The van der Waals surface area contributed by atoms with Crippen LogP contribution in [0.25, 0.3) is 0 Å². The largest absolute Gasteiger partial charge is 0.337 e. The van der Waals surface area contributed by atoms with Crippen LogP contribution in [0.15, 0.2) is 48.8 Å². The van der Waals surface area contributed by atoms with Crippen molar-refractivity contribution < 1.29 is 14.0 Å². The summed E-state index contributed by atoms with van der Waals surface area (Å²) in [6.07, 6.45) is 3.21. The Kier molecular flexibility index (Phi) is 4.39. The van der Waals surface area contributed by atoms with Gasteiger partial charge in [-0.25, -0.2) is 4.39 Å². The van der Waals surface area contributed by atoms with Gasteiger partial charge in [0.05, 0.1) is 23.8 Å². The first-order valence-electron chi connectivity index (χ1n) is 8.96. The first-order valence-corrected chi connectivity index (χ1v) is 8.96. The van der Waals surface area contributed by atoms with E-state index in [2.05, 4.69) is 4.98 Å². The molecule has 2 aromatic rings. The zero-order chi connectivity index (χ0) is 19.0. The van der Waals surface area contributed by atoms with Gasteiger partial charge in [0, 0.05) is 31.5 Å². The molecule has 2 aliphatic rings. The summed E-state index contributed by atoms with van der Waals surface area (Å²) in [5, 5.41) is 0. The number of benzene rings is 1. The van der Waals surface area contributed by atoms with Gasteiger partial charge in [-0.1, -0.05) is 18.2 Å². The number of para-hydroxylation sites is 1. The minimum atomic E-state index is -0.610. The third-order valence-corrected chi connectivity index (χ3v) is 5.63. The SMILES string of the molecule is CN1CC(=O)N(c2ccccc2)C[C@]12CCN(C(=O)c1ccncc1F)C2. The summed E-state index contributed by atoms with van der Waals surface area (Å²) in [6, 6.07) is 11.0. The first-order chi connectivity index (χ1) is 13.0. The summed E-state index contributed by atoms with van der Waals surface area (Å²) >= 11 is 0. The summed E-state index contributed by atoms with van der Waals surface area (Å²) < 4.78 is 14.0. The molecule has 1 atom stereocenters. The molecular weight excluding hydrogens is 347 g/mol. The Bertz CT molecular complexity index is 875. The lowest BCUT2D eigenvalue weighted by Gasteiger charge is -2.46. The molecule has 0 saturated carbocycles. The second-order valence-electron chi connectivity index (χ2n) is 7.23. The quantitative estimate of drug-likeness (QED) is 0.811. The van der Waals surface area contributed by atoms with Crippen molar-refractivity contribution >= 4 is 17.5 Å². The number of hydrogen-bond donors (Lipinski definition) is 0. The van der Waals surface area contributed by atoms with Crippen molar-refractivity contribution in [1.82, 2.24) is 14.8 Å². The molecule has 0 aliphatic carbocycles. The van der Waals surface area contributed by atoms with Crippen LogP contribution in [0.3, 0.4) is 0 Å². The smallest absolute Gasteiger partial charge is 0.257 e. The fraction of sp³-hybridized carbons (Fsp3) is 0.350. The lowest BCUT2D eigenvalue weighted by atomic mass is 9.92. The zero-order valence-corrected chi connectivity index (χ0v) is 15.1. The molecule has 4 rings (SSSR count). The van der Waals surface area contributed by atoms with Crippen molar-refractivity contribution in [3.05, 3.63) is 60.2 Å². The normalized spacial score (nSPS) is 23.3. The van der Waals surface area contributed by atoms with Gasteiger partial charge in [0.2, 0.25) is 5.91 Å².